The quantitative estimate of drug-likeness (QED) is 0.727. The van der Waals surface area contributed by atoms with Gasteiger partial charge in [-0.1, -0.05) is 30.3 Å². The molecule has 0 spiro atoms. The standard InChI is InChI=1S/C19H20N4/c1-2-8-20-19(7-1)18-14-22(15-18)12-16-5-3-6-17(11-16)13-23-10-4-9-21-23/h1-11,18H,12-15H2. The first-order chi connectivity index (χ1) is 11.4. The summed E-state index contributed by atoms with van der Waals surface area (Å²) in [7, 11) is 0. The molecule has 116 valence electrons. The summed E-state index contributed by atoms with van der Waals surface area (Å²) < 4.78 is 1.96. The molecule has 0 saturated carbocycles. The second-order valence-corrected chi connectivity index (χ2v) is 6.17. The lowest BCUT2D eigenvalue weighted by molar-refractivity contribution is 0.137. The molecule has 1 fully saturated rings. The Labute approximate surface area is 136 Å². The average molecular weight is 304 g/mol. The summed E-state index contributed by atoms with van der Waals surface area (Å²) >= 11 is 0. The van der Waals surface area contributed by atoms with Crippen LogP contribution in [0.2, 0.25) is 0 Å². The Morgan fingerprint density at radius 1 is 0.913 bits per heavy atom. The lowest BCUT2D eigenvalue weighted by Crippen LogP contribution is -2.44. The second-order valence-electron chi connectivity index (χ2n) is 6.17. The Morgan fingerprint density at radius 3 is 2.52 bits per heavy atom. The van der Waals surface area contributed by atoms with Crippen LogP contribution in [0, 0.1) is 0 Å². The predicted molar refractivity (Wildman–Crippen MR) is 90.0 cm³/mol. The minimum absolute atomic E-state index is 0.587. The van der Waals surface area contributed by atoms with Crippen LogP contribution in [0.4, 0.5) is 0 Å². The summed E-state index contributed by atoms with van der Waals surface area (Å²) in [4.78, 5) is 6.94. The topological polar surface area (TPSA) is 34.0 Å². The van der Waals surface area contributed by atoms with Crippen molar-refractivity contribution in [1.29, 1.82) is 0 Å². The fourth-order valence-corrected chi connectivity index (χ4v) is 3.17. The average Bonchev–Trinajstić information content (AvgIpc) is 3.05. The maximum atomic E-state index is 4.46. The SMILES string of the molecule is c1ccc(C2CN(Cc3cccc(Cn4cccn4)c3)C2)nc1. The molecule has 3 heterocycles. The van der Waals surface area contributed by atoms with Crippen LogP contribution in [-0.2, 0) is 13.1 Å². The number of pyridine rings is 1. The third-order valence-corrected chi connectivity index (χ3v) is 4.36. The Morgan fingerprint density at radius 2 is 1.78 bits per heavy atom. The number of aromatic nitrogens is 3. The van der Waals surface area contributed by atoms with Gasteiger partial charge >= 0.3 is 0 Å². The molecule has 2 aromatic heterocycles. The highest BCUT2D eigenvalue weighted by molar-refractivity contribution is 5.24. The van der Waals surface area contributed by atoms with Crippen molar-refractivity contribution < 1.29 is 0 Å². The van der Waals surface area contributed by atoms with Crippen LogP contribution < -0.4 is 0 Å². The van der Waals surface area contributed by atoms with E-state index in [0.29, 0.717) is 5.92 Å². The van der Waals surface area contributed by atoms with E-state index in [2.05, 4.69) is 51.4 Å². The number of likely N-dealkylation sites (tertiary alicyclic amines) is 1. The van der Waals surface area contributed by atoms with Gasteiger partial charge in [0.1, 0.15) is 0 Å². The van der Waals surface area contributed by atoms with Gasteiger partial charge in [0.2, 0.25) is 0 Å². The molecular weight excluding hydrogens is 284 g/mol. The molecule has 0 unspecified atom stereocenters. The summed E-state index contributed by atoms with van der Waals surface area (Å²) in [6.07, 6.45) is 5.71. The van der Waals surface area contributed by atoms with Crippen LogP contribution in [0.25, 0.3) is 0 Å². The Bertz CT molecular complexity index is 746. The fourth-order valence-electron chi connectivity index (χ4n) is 3.17. The molecular formula is C19H20N4. The lowest BCUT2D eigenvalue weighted by atomic mass is 9.95. The van der Waals surface area contributed by atoms with E-state index in [9.17, 15) is 0 Å². The molecule has 23 heavy (non-hydrogen) atoms. The monoisotopic (exact) mass is 304 g/mol. The van der Waals surface area contributed by atoms with Gasteiger partial charge < -0.3 is 0 Å². The predicted octanol–water partition coefficient (Wildman–Crippen LogP) is 2.93. The van der Waals surface area contributed by atoms with Gasteiger partial charge in [-0.2, -0.15) is 5.10 Å². The Hall–Kier alpha value is -2.46. The van der Waals surface area contributed by atoms with E-state index < -0.39 is 0 Å². The van der Waals surface area contributed by atoms with Crippen molar-refractivity contribution in [3.05, 3.63) is 83.9 Å². The van der Waals surface area contributed by atoms with Gasteiger partial charge in [0.05, 0.1) is 6.54 Å². The van der Waals surface area contributed by atoms with Crippen molar-refractivity contribution in [1.82, 2.24) is 19.7 Å². The summed E-state index contributed by atoms with van der Waals surface area (Å²) in [5, 5.41) is 4.27. The smallest absolute Gasteiger partial charge is 0.0659 e. The van der Waals surface area contributed by atoms with Gasteiger partial charge in [-0.05, 0) is 29.3 Å². The molecule has 0 aliphatic carbocycles. The van der Waals surface area contributed by atoms with E-state index in [-0.39, 0.29) is 0 Å². The molecule has 1 aromatic carbocycles. The van der Waals surface area contributed by atoms with Gasteiger partial charge in [0.25, 0.3) is 0 Å². The van der Waals surface area contributed by atoms with E-state index in [1.807, 2.05) is 35.4 Å². The molecule has 1 aliphatic heterocycles. The zero-order valence-corrected chi connectivity index (χ0v) is 13.0. The molecule has 0 bridgehead atoms. The van der Waals surface area contributed by atoms with Crippen LogP contribution in [0.5, 0.6) is 0 Å². The Kier molecular flexibility index (Phi) is 3.90. The normalized spacial score (nSPS) is 15.5. The van der Waals surface area contributed by atoms with Gasteiger partial charge in [-0.3, -0.25) is 14.6 Å². The molecule has 1 aliphatic rings. The van der Waals surface area contributed by atoms with Crippen molar-refractivity contribution in [2.45, 2.75) is 19.0 Å². The molecule has 0 radical (unpaired) electrons. The van der Waals surface area contributed by atoms with Gasteiger partial charge in [-0.15, -0.1) is 0 Å². The summed E-state index contributed by atoms with van der Waals surface area (Å²) in [5.74, 6) is 0.587. The molecule has 0 N–H and O–H groups in total. The second kappa shape index (κ2) is 6.34. The van der Waals surface area contributed by atoms with Crippen molar-refractivity contribution in [2.24, 2.45) is 0 Å². The minimum atomic E-state index is 0.587. The van der Waals surface area contributed by atoms with E-state index in [4.69, 9.17) is 0 Å². The minimum Gasteiger partial charge on any atom is -0.298 e. The first-order valence-electron chi connectivity index (χ1n) is 8.05. The van der Waals surface area contributed by atoms with E-state index in [1.165, 1.54) is 16.8 Å². The van der Waals surface area contributed by atoms with E-state index >= 15 is 0 Å². The molecule has 0 atom stereocenters. The maximum absolute atomic E-state index is 4.46. The van der Waals surface area contributed by atoms with Crippen LogP contribution in [0.15, 0.2) is 67.1 Å². The fraction of sp³-hybridized carbons (Fsp3) is 0.263. The zero-order valence-electron chi connectivity index (χ0n) is 13.0. The van der Waals surface area contributed by atoms with Crippen LogP contribution in [-0.4, -0.2) is 32.8 Å². The first-order valence-corrected chi connectivity index (χ1v) is 8.05. The number of benzene rings is 1. The third kappa shape index (κ3) is 3.32. The first kappa shape index (κ1) is 14.2. The van der Waals surface area contributed by atoms with Crippen LogP contribution >= 0.6 is 0 Å². The van der Waals surface area contributed by atoms with Gasteiger partial charge in [0, 0.05) is 49.8 Å². The summed E-state index contributed by atoms with van der Waals surface area (Å²) in [6.45, 7) is 4.04. The lowest BCUT2D eigenvalue weighted by Gasteiger charge is -2.39. The largest absolute Gasteiger partial charge is 0.298 e. The molecule has 3 aromatic rings. The van der Waals surface area contributed by atoms with Crippen LogP contribution in [0.3, 0.4) is 0 Å². The molecule has 4 heteroatoms. The molecule has 4 rings (SSSR count). The Balaban J connectivity index is 1.35. The third-order valence-electron chi connectivity index (χ3n) is 4.36. The maximum Gasteiger partial charge on any atom is 0.0659 e. The molecule has 1 saturated heterocycles. The van der Waals surface area contributed by atoms with Gasteiger partial charge in [0.15, 0.2) is 0 Å². The zero-order chi connectivity index (χ0) is 15.5. The van der Waals surface area contributed by atoms with Crippen molar-refractivity contribution in [3.8, 4) is 0 Å². The number of rotatable bonds is 5. The number of hydrogen-bond acceptors (Lipinski definition) is 3. The highest BCUT2D eigenvalue weighted by Gasteiger charge is 2.28. The molecule has 0 amide bonds. The van der Waals surface area contributed by atoms with Gasteiger partial charge in [-0.25, -0.2) is 0 Å². The summed E-state index contributed by atoms with van der Waals surface area (Å²) in [5.41, 5.74) is 3.89. The molecule has 4 nitrogen and oxygen atoms in total. The van der Waals surface area contributed by atoms with E-state index in [1.54, 1.807) is 0 Å². The van der Waals surface area contributed by atoms with Crippen molar-refractivity contribution in [2.75, 3.05) is 13.1 Å². The summed E-state index contributed by atoms with van der Waals surface area (Å²) in [6, 6.07) is 16.9. The number of hydrogen-bond donors (Lipinski definition) is 0. The van der Waals surface area contributed by atoms with Crippen molar-refractivity contribution >= 4 is 0 Å². The van der Waals surface area contributed by atoms with Crippen LogP contribution in [0.1, 0.15) is 22.7 Å². The number of nitrogens with zero attached hydrogens (tertiary/aromatic N) is 4. The van der Waals surface area contributed by atoms with E-state index in [0.717, 1.165) is 26.2 Å². The highest BCUT2D eigenvalue weighted by Crippen LogP contribution is 2.26. The highest BCUT2D eigenvalue weighted by atomic mass is 15.3. The van der Waals surface area contributed by atoms with Crippen molar-refractivity contribution in [3.63, 3.8) is 0 Å².